The highest BCUT2D eigenvalue weighted by Crippen LogP contribution is 2.41. The lowest BCUT2D eigenvalue weighted by molar-refractivity contribution is 0.0789. The van der Waals surface area contributed by atoms with Crippen LogP contribution >= 0.6 is 11.3 Å². The molecular formula is C13H18N2OS. The third-order valence-electron chi connectivity index (χ3n) is 3.88. The van der Waals surface area contributed by atoms with Crippen molar-refractivity contribution >= 4 is 17.2 Å². The van der Waals surface area contributed by atoms with Gasteiger partial charge in [-0.1, -0.05) is 0 Å². The Hall–Kier alpha value is -0.870. The van der Waals surface area contributed by atoms with Crippen LogP contribution in [-0.4, -0.2) is 29.9 Å². The Labute approximate surface area is 106 Å². The maximum Gasteiger partial charge on any atom is 0.263 e. The number of hydrogen-bond acceptors (Lipinski definition) is 3. The van der Waals surface area contributed by atoms with Crippen molar-refractivity contribution in [1.82, 2.24) is 4.90 Å². The number of carbonyl (C=O) groups excluding carboxylic acids is 1. The zero-order valence-electron chi connectivity index (χ0n) is 10.1. The SMILES string of the molecule is Cc1ccc(C(=O)N2C[C@H](C3CC3)[C@@H](N)C2)s1. The minimum atomic E-state index is 0.168. The Morgan fingerprint density at radius 1 is 1.41 bits per heavy atom. The maximum absolute atomic E-state index is 12.3. The largest absolute Gasteiger partial charge is 0.336 e. The molecule has 17 heavy (non-hydrogen) atoms. The van der Waals surface area contributed by atoms with Crippen molar-refractivity contribution in [2.45, 2.75) is 25.8 Å². The predicted molar refractivity (Wildman–Crippen MR) is 69.1 cm³/mol. The van der Waals surface area contributed by atoms with Crippen LogP contribution in [0.15, 0.2) is 12.1 Å². The van der Waals surface area contributed by atoms with Gasteiger partial charge in [-0.25, -0.2) is 0 Å². The highest BCUT2D eigenvalue weighted by atomic mass is 32.1. The second-order valence-electron chi connectivity index (χ2n) is 5.29. The summed E-state index contributed by atoms with van der Waals surface area (Å²) in [6.07, 6.45) is 2.61. The quantitative estimate of drug-likeness (QED) is 0.871. The molecule has 0 unspecified atom stereocenters. The third kappa shape index (κ3) is 2.11. The van der Waals surface area contributed by atoms with E-state index < -0.39 is 0 Å². The highest BCUT2D eigenvalue weighted by Gasteiger charge is 2.42. The minimum Gasteiger partial charge on any atom is -0.336 e. The molecule has 2 aliphatic rings. The summed E-state index contributed by atoms with van der Waals surface area (Å²) in [6.45, 7) is 3.63. The average molecular weight is 250 g/mol. The summed E-state index contributed by atoms with van der Waals surface area (Å²) in [5.41, 5.74) is 6.14. The average Bonchev–Trinajstić information content (AvgIpc) is 2.94. The van der Waals surface area contributed by atoms with E-state index in [0.717, 1.165) is 23.9 Å². The number of nitrogens with zero attached hydrogens (tertiary/aromatic N) is 1. The summed E-state index contributed by atoms with van der Waals surface area (Å²) in [6, 6.07) is 4.12. The van der Waals surface area contributed by atoms with E-state index in [1.165, 1.54) is 17.7 Å². The van der Waals surface area contributed by atoms with E-state index in [2.05, 4.69) is 0 Å². The van der Waals surface area contributed by atoms with E-state index in [-0.39, 0.29) is 11.9 Å². The van der Waals surface area contributed by atoms with Gasteiger partial charge in [-0.15, -0.1) is 11.3 Å². The Morgan fingerprint density at radius 2 is 2.18 bits per heavy atom. The second-order valence-corrected chi connectivity index (χ2v) is 6.57. The summed E-state index contributed by atoms with van der Waals surface area (Å²) >= 11 is 1.58. The van der Waals surface area contributed by atoms with E-state index in [1.807, 2.05) is 24.0 Å². The molecule has 92 valence electrons. The third-order valence-corrected chi connectivity index (χ3v) is 4.87. The molecule has 4 heteroatoms. The van der Waals surface area contributed by atoms with Crippen LogP contribution in [0.5, 0.6) is 0 Å². The molecule has 2 fully saturated rings. The lowest BCUT2D eigenvalue weighted by Gasteiger charge is -2.14. The topological polar surface area (TPSA) is 46.3 Å². The van der Waals surface area contributed by atoms with Crippen molar-refractivity contribution in [2.24, 2.45) is 17.6 Å². The van der Waals surface area contributed by atoms with E-state index in [1.54, 1.807) is 11.3 Å². The summed E-state index contributed by atoms with van der Waals surface area (Å²) in [4.78, 5) is 16.3. The number of likely N-dealkylation sites (tertiary alicyclic amines) is 1. The van der Waals surface area contributed by atoms with Gasteiger partial charge in [-0.2, -0.15) is 0 Å². The fourth-order valence-corrected chi connectivity index (χ4v) is 3.58. The van der Waals surface area contributed by atoms with Crippen LogP contribution < -0.4 is 5.73 Å². The minimum absolute atomic E-state index is 0.168. The van der Waals surface area contributed by atoms with E-state index in [0.29, 0.717) is 5.92 Å². The van der Waals surface area contributed by atoms with Crippen molar-refractivity contribution in [3.63, 3.8) is 0 Å². The first-order valence-electron chi connectivity index (χ1n) is 6.26. The Kier molecular flexibility index (Phi) is 2.71. The van der Waals surface area contributed by atoms with Crippen LogP contribution in [0.3, 0.4) is 0 Å². The second kappa shape index (κ2) is 4.10. The lowest BCUT2D eigenvalue weighted by atomic mass is 9.99. The van der Waals surface area contributed by atoms with Gasteiger partial charge >= 0.3 is 0 Å². The van der Waals surface area contributed by atoms with Gasteiger partial charge in [0.25, 0.3) is 5.91 Å². The fraction of sp³-hybridized carbons (Fsp3) is 0.615. The van der Waals surface area contributed by atoms with Crippen molar-refractivity contribution in [3.8, 4) is 0 Å². The molecule has 0 bridgehead atoms. The van der Waals surface area contributed by atoms with Crippen molar-refractivity contribution in [1.29, 1.82) is 0 Å². The molecule has 2 N–H and O–H groups in total. The van der Waals surface area contributed by atoms with Gasteiger partial charge < -0.3 is 10.6 Å². The van der Waals surface area contributed by atoms with Crippen molar-refractivity contribution in [2.75, 3.05) is 13.1 Å². The first-order chi connectivity index (χ1) is 8.15. The van der Waals surface area contributed by atoms with Gasteiger partial charge in [0.2, 0.25) is 0 Å². The zero-order valence-corrected chi connectivity index (χ0v) is 10.9. The van der Waals surface area contributed by atoms with Crippen LogP contribution in [0, 0.1) is 18.8 Å². The molecular weight excluding hydrogens is 232 g/mol. The number of aryl methyl sites for hydroxylation is 1. The molecule has 3 nitrogen and oxygen atoms in total. The van der Waals surface area contributed by atoms with Gasteiger partial charge in [-0.05, 0) is 43.7 Å². The number of hydrogen-bond donors (Lipinski definition) is 1. The molecule has 2 heterocycles. The summed E-state index contributed by atoms with van der Waals surface area (Å²) in [7, 11) is 0. The molecule has 3 rings (SSSR count). The fourth-order valence-electron chi connectivity index (χ4n) is 2.75. The standard InChI is InChI=1S/C13H18N2OS/c1-8-2-5-12(17-8)13(16)15-6-10(9-3-4-9)11(14)7-15/h2,5,9-11H,3-4,6-7,14H2,1H3/t10-,11+/m1/s1. The molecule has 2 atom stereocenters. The molecule has 0 spiro atoms. The summed E-state index contributed by atoms with van der Waals surface area (Å²) in [5.74, 6) is 1.49. The van der Waals surface area contributed by atoms with Crippen molar-refractivity contribution in [3.05, 3.63) is 21.9 Å². The molecule has 1 aliphatic carbocycles. The van der Waals surface area contributed by atoms with Crippen molar-refractivity contribution < 1.29 is 4.79 Å². The van der Waals surface area contributed by atoms with Gasteiger partial charge in [0.05, 0.1) is 4.88 Å². The van der Waals surface area contributed by atoms with E-state index >= 15 is 0 Å². The van der Waals surface area contributed by atoms with Gasteiger partial charge in [0, 0.05) is 24.0 Å². The van der Waals surface area contributed by atoms with Crippen LogP contribution in [-0.2, 0) is 0 Å². The number of nitrogens with two attached hydrogens (primary N) is 1. The molecule has 0 aromatic carbocycles. The number of rotatable bonds is 2. The molecule has 1 aromatic heterocycles. The van der Waals surface area contributed by atoms with Gasteiger partial charge in [0.1, 0.15) is 0 Å². The van der Waals surface area contributed by atoms with E-state index in [4.69, 9.17) is 5.73 Å². The Morgan fingerprint density at radius 3 is 2.76 bits per heavy atom. The predicted octanol–water partition coefficient (Wildman–Crippen LogP) is 1.87. The maximum atomic E-state index is 12.3. The molecule has 1 aromatic rings. The van der Waals surface area contributed by atoms with Crippen LogP contribution in [0.1, 0.15) is 27.4 Å². The Balaban J connectivity index is 1.71. The number of thiophene rings is 1. The normalized spacial score (nSPS) is 28.7. The van der Waals surface area contributed by atoms with Crippen LogP contribution in [0.2, 0.25) is 0 Å². The first-order valence-corrected chi connectivity index (χ1v) is 7.08. The molecule has 1 saturated heterocycles. The summed E-state index contributed by atoms with van der Waals surface area (Å²) in [5, 5.41) is 0. The molecule has 1 amide bonds. The van der Waals surface area contributed by atoms with Gasteiger partial charge in [0.15, 0.2) is 0 Å². The first kappa shape index (κ1) is 11.2. The molecule has 0 radical (unpaired) electrons. The monoisotopic (exact) mass is 250 g/mol. The van der Waals surface area contributed by atoms with Crippen LogP contribution in [0.4, 0.5) is 0 Å². The summed E-state index contributed by atoms with van der Waals surface area (Å²) < 4.78 is 0. The number of carbonyl (C=O) groups is 1. The van der Waals surface area contributed by atoms with Gasteiger partial charge in [-0.3, -0.25) is 4.79 Å². The highest BCUT2D eigenvalue weighted by molar-refractivity contribution is 7.13. The molecule has 1 aliphatic heterocycles. The number of amides is 1. The van der Waals surface area contributed by atoms with Crippen LogP contribution in [0.25, 0.3) is 0 Å². The lowest BCUT2D eigenvalue weighted by Crippen LogP contribution is -2.32. The zero-order chi connectivity index (χ0) is 12.0. The Bertz CT molecular complexity index is 438. The molecule has 1 saturated carbocycles. The van der Waals surface area contributed by atoms with E-state index in [9.17, 15) is 4.79 Å². The smallest absolute Gasteiger partial charge is 0.263 e.